The Bertz CT molecular complexity index is 2190. The van der Waals surface area contributed by atoms with E-state index < -0.39 is 0 Å². The maximum Gasteiger partial charge on any atom is 0.0633 e. The van der Waals surface area contributed by atoms with E-state index in [0.29, 0.717) is 0 Å². The lowest BCUT2D eigenvalue weighted by molar-refractivity contribution is 1.24. The van der Waals surface area contributed by atoms with Crippen LogP contribution < -0.4 is 14.7 Å². The first kappa shape index (κ1) is 33.9. The predicted molar refractivity (Wildman–Crippen MR) is 229 cm³/mol. The number of para-hydroxylation sites is 5. The minimum Gasteiger partial charge on any atom is -0.311 e. The minimum atomic E-state index is 0.945. The van der Waals surface area contributed by atoms with Gasteiger partial charge < -0.3 is 14.7 Å². The van der Waals surface area contributed by atoms with Gasteiger partial charge in [0.25, 0.3) is 0 Å². The lowest BCUT2D eigenvalue weighted by Gasteiger charge is -2.29. The molecule has 0 aromatic heterocycles. The van der Waals surface area contributed by atoms with Gasteiger partial charge in [0.05, 0.1) is 5.69 Å². The molecule has 54 heavy (non-hydrogen) atoms. The second kappa shape index (κ2) is 16.0. The summed E-state index contributed by atoms with van der Waals surface area (Å²) in [6.45, 7) is 2.06. The van der Waals surface area contributed by atoms with Gasteiger partial charge in [-0.05, 0) is 134 Å². The molecular formula is C50H40N4. The number of nitrogens with zero attached hydrogens (tertiary/aromatic N) is 4. The Hall–Kier alpha value is -7.17. The maximum atomic E-state index is 4.87. The van der Waals surface area contributed by atoms with E-state index in [9.17, 15) is 0 Å². The summed E-state index contributed by atoms with van der Waals surface area (Å²) in [5, 5.41) is 0. The van der Waals surface area contributed by atoms with E-state index in [4.69, 9.17) is 4.99 Å². The van der Waals surface area contributed by atoms with E-state index in [0.717, 1.165) is 68.1 Å². The van der Waals surface area contributed by atoms with E-state index in [-0.39, 0.29) is 0 Å². The molecule has 8 aromatic carbocycles. The van der Waals surface area contributed by atoms with E-state index in [1.807, 2.05) is 30.3 Å². The topological polar surface area (TPSA) is 22.1 Å². The molecule has 0 unspecified atom stereocenters. The monoisotopic (exact) mass is 696 g/mol. The lowest BCUT2D eigenvalue weighted by Crippen LogP contribution is -2.13. The van der Waals surface area contributed by atoms with Crippen molar-refractivity contribution in [1.29, 1.82) is 0 Å². The number of benzene rings is 8. The lowest BCUT2D eigenvalue weighted by atomic mass is 10.1. The zero-order valence-corrected chi connectivity index (χ0v) is 30.2. The van der Waals surface area contributed by atoms with Crippen molar-refractivity contribution in [2.24, 2.45) is 4.99 Å². The highest BCUT2D eigenvalue weighted by atomic mass is 15.2. The third-order valence-electron chi connectivity index (χ3n) is 9.39. The molecule has 8 aromatic rings. The Morgan fingerprint density at radius 3 is 0.778 bits per heavy atom. The van der Waals surface area contributed by atoms with Crippen LogP contribution in [0, 0.1) is 0 Å². The van der Waals surface area contributed by atoms with Crippen molar-refractivity contribution in [3.8, 4) is 0 Å². The van der Waals surface area contributed by atoms with Crippen LogP contribution in [0.15, 0.2) is 229 Å². The van der Waals surface area contributed by atoms with Crippen LogP contribution in [0.4, 0.5) is 56.9 Å². The van der Waals surface area contributed by atoms with Crippen LogP contribution in [0.2, 0.25) is 0 Å². The SMILES string of the molecule is C/C(=N/c1ccccc1)c1ccc(N(c2ccc(N(c3ccccc3)c3ccccc3)cc2)c2ccc(N(c3ccccc3)c3ccccc3)cc2)cc1. The van der Waals surface area contributed by atoms with Crippen molar-refractivity contribution in [2.75, 3.05) is 14.7 Å². The molecule has 4 heteroatoms. The Kier molecular flexibility index (Phi) is 10.1. The average molecular weight is 697 g/mol. The van der Waals surface area contributed by atoms with Crippen molar-refractivity contribution < 1.29 is 0 Å². The molecule has 0 saturated carbocycles. The van der Waals surface area contributed by atoms with Crippen molar-refractivity contribution >= 4 is 62.6 Å². The van der Waals surface area contributed by atoms with Gasteiger partial charge in [0, 0.05) is 56.9 Å². The molecule has 0 fully saturated rings. The molecule has 4 nitrogen and oxygen atoms in total. The summed E-state index contributed by atoms with van der Waals surface area (Å²) in [5.41, 5.74) is 12.7. The fourth-order valence-electron chi connectivity index (χ4n) is 6.76. The van der Waals surface area contributed by atoms with Crippen LogP contribution in [-0.4, -0.2) is 5.71 Å². The summed E-state index contributed by atoms with van der Waals surface area (Å²) >= 11 is 0. The summed E-state index contributed by atoms with van der Waals surface area (Å²) in [6.07, 6.45) is 0. The molecule has 0 bridgehead atoms. The third-order valence-corrected chi connectivity index (χ3v) is 9.39. The Morgan fingerprint density at radius 1 is 0.278 bits per heavy atom. The molecule has 0 saturated heterocycles. The predicted octanol–water partition coefficient (Wildman–Crippen LogP) is 14.2. The fraction of sp³-hybridized carbons (Fsp3) is 0.0200. The average Bonchev–Trinajstić information content (AvgIpc) is 3.24. The molecule has 0 atom stereocenters. The molecule has 8 rings (SSSR count). The zero-order chi connectivity index (χ0) is 36.5. The van der Waals surface area contributed by atoms with Crippen molar-refractivity contribution in [1.82, 2.24) is 0 Å². The molecule has 0 aliphatic heterocycles. The smallest absolute Gasteiger partial charge is 0.0633 e. The van der Waals surface area contributed by atoms with Gasteiger partial charge in [0.15, 0.2) is 0 Å². The van der Waals surface area contributed by atoms with Gasteiger partial charge in [0.1, 0.15) is 0 Å². The molecule has 0 aliphatic rings. The Balaban J connectivity index is 1.18. The largest absolute Gasteiger partial charge is 0.311 e. The van der Waals surface area contributed by atoms with E-state index in [1.54, 1.807) is 0 Å². The summed E-state index contributed by atoms with van der Waals surface area (Å²) in [5.74, 6) is 0. The fourth-order valence-corrected chi connectivity index (χ4v) is 6.76. The zero-order valence-electron chi connectivity index (χ0n) is 30.2. The van der Waals surface area contributed by atoms with E-state index >= 15 is 0 Å². The molecule has 0 amide bonds. The number of hydrogen-bond donors (Lipinski definition) is 0. The van der Waals surface area contributed by atoms with Crippen molar-refractivity contribution in [2.45, 2.75) is 6.92 Å². The highest BCUT2D eigenvalue weighted by Gasteiger charge is 2.18. The maximum absolute atomic E-state index is 4.87. The van der Waals surface area contributed by atoms with Crippen LogP contribution in [0.5, 0.6) is 0 Å². The second-order valence-electron chi connectivity index (χ2n) is 13.0. The van der Waals surface area contributed by atoms with Crippen LogP contribution in [0.3, 0.4) is 0 Å². The third kappa shape index (κ3) is 7.55. The summed E-state index contributed by atoms with van der Waals surface area (Å²) < 4.78 is 0. The van der Waals surface area contributed by atoms with Crippen LogP contribution in [0.1, 0.15) is 12.5 Å². The van der Waals surface area contributed by atoms with Crippen molar-refractivity contribution in [3.05, 3.63) is 230 Å². The Morgan fingerprint density at radius 2 is 0.500 bits per heavy atom. The minimum absolute atomic E-state index is 0.945. The van der Waals surface area contributed by atoms with Crippen LogP contribution in [0.25, 0.3) is 0 Å². The van der Waals surface area contributed by atoms with Crippen LogP contribution in [-0.2, 0) is 0 Å². The molecule has 0 spiro atoms. The van der Waals surface area contributed by atoms with Crippen molar-refractivity contribution in [3.63, 3.8) is 0 Å². The molecule has 260 valence electrons. The number of rotatable bonds is 11. The molecule has 0 aliphatic carbocycles. The molecule has 0 heterocycles. The summed E-state index contributed by atoms with van der Waals surface area (Å²) in [7, 11) is 0. The number of anilines is 9. The molecular weight excluding hydrogens is 657 g/mol. The van der Waals surface area contributed by atoms with Crippen LogP contribution >= 0.6 is 0 Å². The van der Waals surface area contributed by atoms with E-state index in [1.165, 1.54) is 0 Å². The van der Waals surface area contributed by atoms with Gasteiger partial charge >= 0.3 is 0 Å². The normalized spacial score (nSPS) is 11.2. The van der Waals surface area contributed by atoms with E-state index in [2.05, 4.69) is 216 Å². The quantitative estimate of drug-likeness (QED) is 0.126. The summed E-state index contributed by atoms with van der Waals surface area (Å²) in [4.78, 5) is 11.7. The number of aliphatic imine (C=N–C) groups is 1. The highest BCUT2D eigenvalue weighted by Crippen LogP contribution is 2.41. The Labute approximate surface area is 318 Å². The molecule has 0 N–H and O–H groups in total. The van der Waals surface area contributed by atoms with Gasteiger partial charge in [0.2, 0.25) is 0 Å². The van der Waals surface area contributed by atoms with Gasteiger partial charge in [-0.3, -0.25) is 4.99 Å². The second-order valence-corrected chi connectivity index (χ2v) is 13.0. The first-order valence-electron chi connectivity index (χ1n) is 18.2. The first-order chi connectivity index (χ1) is 26.7. The van der Waals surface area contributed by atoms with Gasteiger partial charge in [-0.25, -0.2) is 0 Å². The van der Waals surface area contributed by atoms with Gasteiger partial charge in [-0.15, -0.1) is 0 Å². The first-order valence-corrected chi connectivity index (χ1v) is 18.2. The van der Waals surface area contributed by atoms with Gasteiger partial charge in [-0.1, -0.05) is 103 Å². The molecule has 0 radical (unpaired) electrons. The summed E-state index contributed by atoms with van der Waals surface area (Å²) in [6, 6.07) is 78.5. The standard InChI is InChI=1S/C50H40N4/c1-39(51-41-17-7-2-8-18-41)40-27-29-46(30-28-40)54(49-35-31-47(32-36-49)52(42-19-9-3-10-20-42)43-21-11-4-12-22-43)50-37-33-48(34-38-50)53(44-23-13-5-14-24-44)45-25-15-6-16-26-45/h2-38H,1H3/b51-39-. The highest BCUT2D eigenvalue weighted by molar-refractivity contribution is 6.00. The van der Waals surface area contributed by atoms with Gasteiger partial charge in [-0.2, -0.15) is 0 Å². The number of hydrogen-bond acceptors (Lipinski definition) is 4.